The van der Waals surface area contributed by atoms with E-state index in [0.717, 1.165) is 12.8 Å². The molecule has 0 aromatic heterocycles. The van der Waals surface area contributed by atoms with Crippen molar-refractivity contribution in [3.05, 3.63) is 23.8 Å². The first-order valence-corrected chi connectivity index (χ1v) is 11.7. The van der Waals surface area contributed by atoms with Crippen LogP contribution < -0.4 is 9.47 Å². The van der Waals surface area contributed by atoms with E-state index < -0.39 is 0 Å². The second-order valence-electron chi connectivity index (χ2n) is 8.79. The highest BCUT2D eigenvalue weighted by Crippen LogP contribution is 2.33. The maximum absolute atomic E-state index is 13.5. The molecule has 4 rings (SSSR count). The van der Waals surface area contributed by atoms with Gasteiger partial charge in [0.15, 0.2) is 0 Å². The Labute approximate surface area is 190 Å². The zero-order chi connectivity index (χ0) is 22.5. The van der Waals surface area contributed by atoms with E-state index in [4.69, 9.17) is 14.2 Å². The Hall–Kier alpha value is -2.32. The minimum Gasteiger partial charge on any atom is -0.496 e. The number of piperazine rings is 1. The first-order valence-electron chi connectivity index (χ1n) is 11.7. The van der Waals surface area contributed by atoms with Gasteiger partial charge in [0.2, 0.25) is 5.91 Å². The third-order valence-corrected chi connectivity index (χ3v) is 7.06. The molecule has 1 aromatic rings. The van der Waals surface area contributed by atoms with Crippen LogP contribution in [0.15, 0.2) is 18.2 Å². The number of methoxy groups -OCH3 is 2. The van der Waals surface area contributed by atoms with Gasteiger partial charge in [-0.1, -0.05) is 18.9 Å². The molecule has 1 unspecified atom stereocenters. The van der Waals surface area contributed by atoms with Crippen molar-refractivity contribution < 1.29 is 23.8 Å². The van der Waals surface area contributed by atoms with E-state index in [-0.39, 0.29) is 17.9 Å². The summed E-state index contributed by atoms with van der Waals surface area (Å²) in [7, 11) is 3.12. The van der Waals surface area contributed by atoms with Gasteiger partial charge in [0.05, 0.1) is 33.5 Å². The highest BCUT2D eigenvalue weighted by atomic mass is 16.5. The van der Waals surface area contributed by atoms with Crippen LogP contribution in [0.5, 0.6) is 11.5 Å². The molecule has 1 aromatic carbocycles. The molecule has 1 atom stereocenters. The third-order valence-electron chi connectivity index (χ3n) is 7.06. The fraction of sp³-hybridized carbons (Fsp3) is 0.667. The molecule has 1 saturated carbocycles. The number of amides is 2. The number of rotatable bonds is 6. The molecule has 176 valence electrons. The normalized spacial score (nSPS) is 21.4. The molecule has 2 aliphatic heterocycles. The minimum absolute atomic E-state index is 0.0872. The van der Waals surface area contributed by atoms with Gasteiger partial charge in [-0.15, -0.1) is 0 Å². The Bertz CT molecular complexity index is 775. The number of ether oxygens (including phenoxy) is 3. The first kappa shape index (κ1) is 22.9. The number of benzene rings is 1. The molecular formula is C24H35N3O5. The van der Waals surface area contributed by atoms with Crippen LogP contribution in [0.4, 0.5) is 0 Å². The van der Waals surface area contributed by atoms with Gasteiger partial charge >= 0.3 is 0 Å². The number of morpholine rings is 1. The molecule has 2 heterocycles. The quantitative estimate of drug-likeness (QED) is 0.666. The molecule has 0 bridgehead atoms. The molecule has 32 heavy (non-hydrogen) atoms. The van der Waals surface area contributed by atoms with Gasteiger partial charge in [0.25, 0.3) is 5.91 Å². The van der Waals surface area contributed by atoms with Crippen LogP contribution in [0.25, 0.3) is 0 Å². The Balaban J connectivity index is 1.46. The molecule has 0 radical (unpaired) electrons. The smallest absolute Gasteiger partial charge is 0.261 e. The molecule has 0 N–H and O–H groups in total. The number of nitrogens with zero attached hydrogens (tertiary/aromatic N) is 3. The summed E-state index contributed by atoms with van der Waals surface area (Å²) in [5.41, 5.74) is 0.461. The van der Waals surface area contributed by atoms with Gasteiger partial charge in [-0.2, -0.15) is 0 Å². The van der Waals surface area contributed by atoms with Crippen molar-refractivity contribution >= 4 is 11.8 Å². The molecule has 3 aliphatic rings. The van der Waals surface area contributed by atoms with Crippen LogP contribution in [-0.2, 0) is 9.53 Å². The molecule has 2 saturated heterocycles. The van der Waals surface area contributed by atoms with Crippen molar-refractivity contribution in [3.8, 4) is 11.5 Å². The van der Waals surface area contributed by atoms with E-state index in [1.807, 2.05) is 15.9 Å². The van der Waals surface area contributed by atoms with Crippen molar-refractivity contribution in [2.45, 2.75) is 31.7 Å². The van der Waals surface area contributed by atoms with Gasteiger partial charge < -0.3 is 24.0 Å². The lowest BCUT2D eigenvalue weighted by molar-refractivity contribution is -0.144. The second-order valence-corrected chi connectivity index (χ2v) is 8.79. The average Bonchev–Trinajstić information content (AvgIpc) is 3.38. The minimum atomic E-state index is -0.0892. The topological polar surface area (TPSA) is 71.6 Å². The third kappa shape index (κ3) is 4.71. The summed E-state index contributed by atoms with van der Waals surface area (Å²) in [6, 6.07) is 5.29. The first-order chi connectivity index (χ1) is 15.6. The van der Waals surface area contributed by atoms with Crippen LogP contribution in [0.2, 0.25) is 0 Å². The molecule has 8 nitrogen and oxygen atoms in total. The molecule has 8 heteroatoms. The average molecular weight is 446 g/mol. The van der Waals surface area contributed by atoms with Gasteiger partial charge in [0, 0.05) is 39.3 Å². The summed E-state index contributed by atoms with van der Waals surface area (Å²) in [5, 5.41) is 0. The van der Waals surface area contributed by atoms with Crippen molar-refractivity contribution in [2.24, 2.45) is 5.92 Å². The van der Waals surface area contributed by atoms with Crippen LogP contribution >= 0.6 is 0 Å². The standard InChI is InChI=1S/C24H35N3O5/c1-30-19-8-5-9-20(31-2)21(19)23(28)26-12-10-25(11-13-26)22(18-6-3-4-7-18)24(29)27-14-16-32-17-15-27/h5,8-9,18,22H,3-4,6-7,10-17H2,1-2H3. The number of hydrogen-bond donors (Lipinski definition) is 0. The zero-order valence-electron chi connectivity index (χ0n) is 19.3. The van der Waals surface area contributed by atoms with E-state index in [9.17, 15) is 9.59 Å². The molecule has 3 fully saturated rings. The monoisotopic (exact) mass is 445 g/mol. The Morgan fingerprint density at radius 1 is 0.906 bits per heavy atom. The summed E-state index contributed by atoms with van der Waals surface area (Å²) < 4.78 is 16.3. The lowest BCUT2D eigenvalue weighted by Gasteiger charge is -2.43. The van der Waals surface area contributed by atoms with E-state index in [0.29, 0.717) is 75.5 Å². The van der Waals surface area contributed by atoms with E-state index in [2.05, 4.69) is 4.90 Å². The molecule has 2 amide bonds. The summed E-state index contributed by atoms with van der Waals surface area (Å²) in [4.78, 5) is 33.0. The fourth-order valence-electron chi connectivity index (χ4n) is 5.32. The SMILES string of the molecule is COc1cccc(OC)c1C(=O)N1CCN(C(C(=O)N2CCOCC2)C2CCCC2)CC1. The number of hydrogen-bond acceptors (Lipinski definition) is 6. The number of carbonyl (C=O) groups excluding carboxylic acids is 2. The van der Waals surface area contributed by atoms with Crippen LogP contribution in [0, 0.1) is 5.92 Å². The number of carbonyl (C=O) groups is 2. The predicted molar refractivity (Wildman–Crippen MR) is 120 cm³/mol. The largest absolute Gasteiger partial charge is 0.496 e. The second kappa shape index (κ2) is 10.5. The lowest BCUT2D eigenvalue weighted by Crippen LogP contribution is -2.59. The van der Waals surface area contributed by atoms with E-state index in [1.54, 1.807) is 26.4 Å². The summed E-state index contributed by atoms with van der Waals surface area (Å²) >= 11 is 0. The fourth-order valence-corrected chi connectivity index (χ4v) is 5.32. The Morgan fingerprint density at radius 3 is 2.06 bits per heavy atom. The van der Waals surface area contributed by atoms with Gasteiger partial charge in [0.1, 0.15) is 17.1 Å². The van der Waals surface area contributed by atoms with Crippen LogP contribution in [0.3, 0.4) is 0 Å². The molecule has 0 spiro atoms. The van der Waals surface area contributed by atoms with Crippen LogP contribution in [0.1, 0.15) is 36.0 Å². The summed E-state index contributed by atoms with van der Waals surface area (Å²) in [5.74, 6) is 1.59. The van der Waals surface area contributed by atoms with Crippen molar-refractivity contribution in [1.29, 1.82) is 0 Å². The van der Waals surface area contributed by atoms with Gasteiger partial charge in [-0.05, 0) is 30.9 Å². The maximum Gasteiger partial charge on any atom is 0.261 e. The zero-order valence-corrected chi connectivity index (χ0v) is 19.3. The molecular weight excluding hydrogens is 410 g/mol. The highest BCUT2D eigenvalue weighted by molar-refractivity contribution is 5.99. The van der Waals surface area contributed by atoms with Gasteiger partial charge in [-0.25, -0.2) is 0 Å². The maximum atomic E-state index is 13.5. The summed E-state index contributed by atoms with van der Waals surface area (Å²) in [6.45, 7) is 5.14. The van der Waals surface area contributed by atoms with Crippen molar-refractivity contribution in [1.82, 2.24) is 14.7 Å². The van der Waals surface area contributed by atoms with Crippen molar-refractivity contribution in [2.75, 3.05) is 66.7 Å². The highest BCUT2D eigenvalue weighted by Gasteiger charge is 2.40. The van der Waals surface area contributed by atoms with Crippen molar-refractivity contribution in [3.63, 3.8) is 0 Å². The summed E-state index contributed by atoms with van der Waals surface area (Å²) in [6.07, 6.45) is 4.61. The lowest BCUT2D eigenvalue weighted by atomic mass is 9.94. The Kier molecular flexibility index (Phi) is 7.52. The van der Waals surface area contributed by atoms with Gasteiger partial charge in [-0.3, -0.25) is 14.5 Å². The van der Waals surface area contributed by atoms with E-state index >= 15 is 0 Å². The molecule has 1 aliphatic carbocycles. The van der Waals surface area contributed by atoms with Crippen LogP contribution in [-0.4, -0.2) is 99.3 Å². The Morgan fingerprint density at radius 2 is 1.50 bits per heavy atom. The predicted octanol–water partition coefficient (Wildman–Crippen LogP) is 1.88. The van der Waals surface area contributed by atoms with E-state index in [1.165, 1.54) is 12.8 Å².